The number of benzene rings is 1. The first kappa shape index (κ1) is 12.0. The third kappa shape index (κ3) is 2.78. The quantitative estimate of drug-likeness (QED) is 0.875. The maximum absolute atomic E-state index is 9.58. The number of para-hydroxylation sites is 1. The van der Waals surface area contributed by atoms with Crippen LogP contribution < -0.4 is 5.32 Å². The number of hydrogen-bond donors (Lipinski definition) is 2. The molecule has 1 aromatic heterocycles. The summed E-state index contributed by atoms with van der Waals surface area (Å²) in [6.07, 6.45) is 1.62. The first-order valence-electron chi connectivity index (χ1n) is 5.32. The average Bonchev–Trinajstić information content (AvgIpc) is 2.63. The summed E-state index contributed by atoms with van der Waals surface area (Å²) in [6.45, 7) is 1.20. The number of nitrogens with one attached hydrogen (secondary N) is 1. The Morgan fingerprint density at radius 2 is 2.12 bits per heavy atom. The molecule has 0 bridgehead atoms. The Morgan fingerprint density at radius 1 is 1.35 bits per heavy atom. The van der Waals surface area contributed by atoms with E-state index < -0.39 is 0 Å². The Kier molecular flexibility index (Phi) is 3.66. The molecule has 0 spiro atoms. The van der Waals surface area contributed by atoms with Crippen molar-refractivity contribution in [2.24, 2.45) is 7.05 Å². The molecule has 0 saturated heterocycles. The summed E-state index contributed by atoms with van der Waals surface area (Å²) in [5, 5.41) is 13.4. The molecule has 90 valence electrons. The minimum atomic E-state index is 0.304. The number of halogens is 1. The molecule has 4 nitrogen and oxygen atoms in total. The maximum atomic E-state index is 9.58. The van der Waals surface area contributed by atoms with Crippen molar-refractivity contribution in [3.63, 3.8) is 0 Å². The van der Waals surface area contributed by atoms with Crippen molar-refractivity contribution in [2.45, 2.75) is 13.1 Å². The van der Waals surface area contributed by atoms with E-state index in [1.807, 2.05) is 23.7 Å². The van der Waals surface area contributed by atoms with Gasteiger partial charge in [0.1, 0.15) is 16.7 Å². The molecule has 1 aromatic carbocycles. The van der Waals surface area contributed by atoms with E-state index in [-0.39, 0.29) is 0 Å². The lowest BCUT2D eigenvalue weighted by atomic mass is 10.2. The SMILES string of the molecule is Cn1c(Cl)cnc1CNCc1ccccc1O. The zero-order chi connectivity index (χ0) is 12.3. The highest BCUT2D eigenvalue weighted by Crippen LogP contribution is 2.15. The Hall–Kier alpha value is -1.52. The van der Waals surface area contributed by atoms with Crippen molar-refractivity contribution < 1.29 is 5.11 Å². The van der Waals surface area contributed by atoms with Gasteiger partial charge in [0.15, 0.2) is 0 Å². The van der Waals surface area contributed by atoms with Crippen LogP contribution in [0.15, 0.2) is 30.5 Å². The summed E-state index contributed by atoms with van der Waals surface area (Å²) >= 11 is 5.88. The van der Waals surface area contributed by atoms with Crippen molar-refractivity contribution in [1.82, 2.24) is 14.9 Å². The largest absolute Gasteiger partial charge is 0.508 e. The molecule has 1 heterocycles. The number of phenolic OH excluding ortho intramolecular Hbond substituents is 1. The fourth-order valence-electron chi connectivity index (χ4n) is 1.56. The Balaban J connectivity index is 1.92. The Morgan fingerprint density at radius 3 is 2.76 bits per heavy atom. The number of nitrogens with zero attached hydrogens (tertiary/aromatic N) is 2. The van der Waals surface area contributed by atoms with Gasteiger partial charge in [-0.1, -0.05) is 29.8 Å². The molecule has 0 aliphatic rings. The smallest absolute Gasteiger partial charge is 0.128 e. The van der Waals surface area contributed by atoms with Gasteiger partial charge in [-0.3, -0.25) is 0 Å². The van der Waals surface area contributed by atoms with E-state index in [1.165, 1.54) is 0 Å². The van der Waals surface area contributed by atoms with Crippen LogP contribution >= 0.6 is 11.6 Å². The number of phenols is 1. The molecule has 0 fully saturated rings. The second-order valence-electron chi connectivity index (χ2n) is 3.79. The third-order valence-electron chi connectivity index (χ3n) is 2.62. The van der Waals surface area contributed by atoms with Crippen LogP contribution in [-0.4, -0.2) is 14.7 Å². The van der Waals surface area contributed by atoms with Crippen LogP contribution in [0.1, 0.15) is 11.4 Å². The lowest BCUT2D eigenvalue weighted by molar-refractivity contribution is 0.463. The molecular weight excluding hydrogens is 238 g/mol. The van der Waals surface area contributed by atoms with Gasteiger partial charge in [0.2, 0.25) is 0 Å². The van der Waals surface area contributed by atoms with Crippen LogP contribution in [0.2, 0.25) is 5.15 Å². The summed E-state index contributed by atoms with van der Waals surface area (Å²) in [5.74, 6) is 1.17. The molecule has 2 rings (SSSR count). The number of aromatic hydroxyl groups is 1. The Bertz CT molecular complexity index is 510. The van der Waals surface area contributed by atoms with E-state index in [4.69, 9.17) is 11.6 Å². The Labute approximate surface area is 105 Å². The van der Waals surface area contributed by atoms with Gasteiger partial charge < -0.3 is 15.0 Å². The normalized spacial score (nSPS) is 10.7. The van der Waals surface area contributed by atoms with E-state index in [0.29, 0.717) is 24.0 Å². The molecule has 0 unspecified atom stereocenters. The van der Waals surface area contributed by atoms with Gasteiger partial charge in [0.05, 0.1) is 12.7 Å². The topological polar surface area (TPSA) is 50.1 Å². The second kappa shape index (κ2) is 5.21. The fraction of sp³-hybridized carbons (Fsp3) is 0.250. The fourth-order valence-corrected chi connectivity index (χ4v) is 1.70. The lowest BCUT2D eigenvalue weighted by Gasteiger charge is -2.06. The van der Waals surface area contributed by atoms with Gasteiger partial charge in [-0.05, 0) is 6.07 Å². The van der Waals surface area contributed by atoms with Gasteiger partial charge in [-0.2, -0.15) is 0 Å². The minimum Gasteiger partial charge on any atom is -0.508 e. The zero-order valence-corrected chi connectivity index (χ0v) is 10.3. The number of imidazole rings is 1. The van der Waals surface area contributed by atoms with Gasteiger partial charge in [0, 0.05) is 19.2 Å². The van der Waals surface area contributed by atoms with Gasteiger partial charge in [-0.25, -0.2) is 4.98 Å². The second-order valence-corrected chi connectivity index (χ2v) is 4.18. The van der Waals surface area contributed by atoms with Crippen molar-refractivity contribution in [2.75, 3.05) is 0 Å². The maximum Gasteiger partial charge on any atom is 0.128 e. The summed E-state index contributed by atoms with van der Waals surface area (Å²) in [7, 11) is 1.87. The third-order valence-corrected chi connectivity index (χ3v) is 2.97. The highest BCUT2D eigenvalue weighted by Gasteiger charge is 2.04. The van der Waals surface area contributed by atoms with Crippen molar-refractivity contribution in [3.05, 3.63) is 47.0 Å². The van der Waals surface area contributed by atoms with Gasteiger partial charge >= 0.3 is 0 Å². The van der Waals surface area contributed by atoms with E-state index in [0.717, 1.165) is 11.4 Å². The highest BCUT2D eigenvalue weighted by atomic mass is 35.5. The van der Waals surface area contributed by atoms with Crippen LogP contribution in [0, 0.1) is 0 Å². The zero-order valence-electron chi connectivity index (χ0n) is 9.52. The molecule has 0 radical (unpaired) electrons. The summed E-state index contributed by atoms with van der Waals surface area (Å²) < 4.78 is 1.82. The predicted octanol–water partition coefficient (Wildman–Crippen LogP) is 2.07. The molecule has 0 amide bonds. The van der Waals surface area contributed by atoms with E-state index in [2.05, 4.69) is 10.3 Å². The van der Waals surface area contributed by atoms with Gasteiger partial charge in [-0.15, -0.1) is 0 Å². The highest BCUT2D eigenvalue weighted by molar-refractivity contribution is 6.29. The molecule has 0 aliphatic heterocycles. The molecule has 17 heavy (non-hydrogen) atoms. The summed E-state index contributed by atoms with van der Waals surface area (Å²) in [6, 6.07) is 7.26. The number of hydrogen-bond acceptors (Lipinski definition) is 3. The first-order chi connectivity index (χ1) is 8.18. The number of rotatable bonds is 4. The molecule has 5 heteroatoms. The van der Waals surface area contributed by atoms with Gasteiger partial charge in [0.25, 0.3) is 0 Å². The minimum absolute atomic E-state index is 0.304. The molecule has 0 aliphatic carbocycles. The predicted molar refractivity (Wildman–Crippen MR) is 66.9 cm³/mol. The first-order valence-corrected chi connectivity index (χ1v) is 5.70. The molecule has 0 atom stereocenters. The van der Waals surface area contributed by atoms with Crippen molar-refractivity contribution in [3.8, 4) is 5.75 Å². The van der Waals surface area contributed by atoms with Crippen LogP contribution in [0.3, 0.4) is 0 Å². The van der Waals surface area contributed by atoms with Crippen LogP contribution in [0.25, 0.3) is 0 Å². The molecule has 2 N–H and O–H groups in total. The van der Waals surface area contributed by atoms with Crippen LogP contribution in [0.4, 0.5) is 0 Å². The monoisotopic (exact) mass is 251 g/mol. The van der Waals surface area contributed by atoms with Crippen LogP contribution in [-0.2, 0) is 20.1 Å². The van der Waals surface area contributed by atoms with E-state index in [9.17, 15) is 5.11 Å². The molecular formula is C12H14ClN3O. The number of aromatic nitrogens is 2. The van der Waals surface area contributed by atoms with E-state index >= 15 is 0 Å². The van der Waals surface area contributed by atoms with Crippen molar-refractivity contribution in [1.29, 1.82) is 0 Å². The molecule has 0 saturated carbocycles. The average molecular weight is 252 g/mol. The van der Waals surface area contributed by atoms with E-state index in [1.54, 1.807) is 18.3 Å². The van der Waals surface area contributed by atoms with Crippen LogP contribution in [0.5, 0.6) is 5.75 Å². The van der Waals surface area contributed by atoms with Crippen molar-refractivity contribution >= 4 is 11.6 Å². The lowest BCUT2D eigenvalue weighted by Crippen LogP contribution is -2.15. The standard InChI is InChI=1S/C12H14ClN3O/c1-16-11(13)7-15-12(16)8-14-6-9-4-2-3-5-10(9)17/h2-5,7,14,17H,6,8H2,1H3. The summed E-state index contributed by atoms with van der Waals surface area (Å²) in [4.78, 5) is 4.17. The molecule has 2 aromatic rings. The summed E-state index contributed by atoms with van der Waals surface area (Å²) in [5.41, 5.74) is 0.868.